The van der Waals surface area contributed by atoms with Crippen LogP contribution in [0, 0.1) is 28.6 Å². The first-order valence-corrected chi connectivity index (χ1v) is 11.1. The first-order valence-electron chi connectivity index (χ1n) is 11.1. The molecule has 152 valence electrons. The second-order valence-electron chi connectivity index (χ2n) is 10.9. The highest BCUT2D eigenvalue weighted by Crippen LogP contribution is 2.69. The van der Waals surface area contributed by atoms with E-state index in [0.717, 1.165) is 25.7 Å². The van der Waals surface area contributed by atoms with Gasteiger partial charge in [-0.15, -0.1) is 0 Å². The fraction of sp³-hybridized carbons (Fsp3) is 0.913. The number of ether oxygens (including phenoxy) is 1. The molecule has 4 fully saturated rings. The van der Waals surface area contributed by atoms with E-state index in [9.17, 15) is 13.9 Å². The van der Waals surface area contributed by atoms with Gasteiger partial charge in [0, 0.05) is 5.57 Å². The standard InChI is InChI=1S/C23H34F2O2/c1-20-11-10-19(26)23(24,25)18(20)7-6-15-16(20)8-12-21(2)17(15)9-13-22(21,3)27-14-4-5-14/h7,14-17,19,26H,4-6,8-13H2,1-3H3/t15-,16+,17+,19+,20-,21+,22+/m1/s1. The molecule has 0 unspecified atom stereocenters. The van der Waals surface area contributed by atoms with Crippen molar-refractivity contribution in [3.05, 3.63) is 11.6 Å². The molecule has 4 saturated carbocycles. The topological polar surface area (TPSA) is 29.5 Å². The summed E-state index contributed by atoms with van der Waals surface area (Å²) < 4.78 is 36.2. The minimum absolute atomic E-state index is 0.0542. The van der Waals surface area contributed by atoms with Gasteiger partial charge in [0.2, 0.25) is 0 Å². The summed E-state index contributed by atoms with van der Waals surface area (Å²) in [5, 5.41) is 9.93. The van der Waals surface area contributed by atoms with Gasteiger partial charge in [0.25, 0.3) is 5.92 Å². The summed E-state index contributed by atoms with van der Waals surface area (Å²) in [6, 6.07) is 0. The number of halogens is 2. The van der Waals surface area contributed by atoms with Gasteiger partial charge in [0.15, 0.2) is 0 Å². The lowest BCUT2D eigenvalue weighted by Gasteiger charge is -2.60. The predicted molar refractivity (Wildman–Crippen MR) is 101 cm³/mol. The molecule has 0 amide bonds. The molecule has 0 aromatic heterocycles. The Balaban J connectivity index is 1.48. The molecule has 27 heavy (non-hydrogen) atoms. The summed E-state index contributed by atoms with van der Waals surface area (Å²) >= 11 is 0. The summed E-state index contributed by atoms with van der Waals surface area (Å²) in [5.41, 5.74) is -0.103. The highest BCUT2D eigenvalue weighted by Gasteiger charge is 2.66. The van der Waals surface area contributed by atoms with Crippen LogP contribution in [0.1, 0.15) is 78.6 Å². The second-order valence-corrected chi connectivity index (χ2v) is 10.9. The molecule has 4 heteroatoms. The molecule has 0 bridgehead atoms. The number of aliphatic hydroxyl groups is 1. The molecular formula is C23H34F2O2. The Bertz CT molecular complexity index is 671. The van der Waals surface area contributed by atoms with Crippen molar-refractivity contribution in [3.8, 4) is 0 Å². The monoisotopic (exact) mass is 380 g/mol. The van der Waals surface area contributed by atoms with Gasteiger partial charge in [-0.3, -0.25) is 0 Å². The number of hydrogen-bond acceptors (Lipinski definition) is 2. The molecule has 0 radical (unpaired) electrons. The number of fused-ring (bicyclic) bond motifs is 5. The normalized spacial score (nSPS) is 53.9. The van der Waals surface area contributed by atoms with Gasteiger partial charge in [-0.25, -0.2) is 0 Å². The van der Waals surface area contributed by atoms with Crippen LogP contribution in [-0.4, -0.2) is 28.8 Å². The summed E-state index contributed by atoms with van der Waals surface area (Å²) in [4.78, 5) is 0. The quantitative estimate of drug-likeness (QED) is 0.642. The highest BCUT2D eigenvalue weighted by molar-refractivity contribution is 5.32. The van der Waals surface area contributed by atoms with E-state index < -0.39 is 17.4 Å². The van der Waals surface area contributed by atoms with E-state index in [-0.39, 0.29) is 23.0 Å². The molecule has 0 aliphatic heterocycles. The van der Waals surface area contributed by atoms with Gasteiger partial charge in [-0.2, -0.15) is 8.78 Å². The second kappa shape index (κ2) is 5.56. The average molecular weight is 381 g/mol. The molecular weight excluding hydrogens is 346 g/mol. The molecule has 0 heterocycles. The fourth-order valence-corrected chi connectivity index (χ4v) is 7.70. The first-order chi connectivity index (χ1) is 12.6. The van der Waals surface area contributed by atoms with Crippen LogP contribution < -0.4 is 0 Å². The third kappa shape index (κ3) is 2.35. The van der Waals surface area contributed by atoms with E-state index in [1.165, 1.54) is 19.3 Å². The van der Waals surface area contributed by atoms with Crippen LogP contribution in [0.5, 0.6) is 0 Å². The number of alkyl halides is 2. The van der Waals surface area contributed by atoms with Gasteiger partial charge < -0.3 is 9.84 Å². The minimum atomic E-state index is -3.06. The maximum absolute atomic E-state index is 14.8. The Morgan fingerprint density at radius 1 is 0.963 bits per heavy atom. The van der Waals surface area contributed by atoms with Gasteiger partial charge in [0.05, 0.1) is 11.7 Å². The van der Waals surface area contributed by atoms with Crippen LogP contribution in [0.25, 0.3) is 0 Å². The Kier molecular flexibility index (Phi) is 3.82. The first kappa shape index (κ1) is 18.5. The summed E-state index contributed by atoms with van der Waals surface area (Å²) in [6.45, 7) is 6.81. The van der Waals surface area contributed by atoms with Crippen molar-refractivity contribution >= 4 is 0 Å². The van der Waals surface area contributed by atoms with Crippen LogP contribution in [0.4, 0.5) is 8.78 Å². The van der Waals surface area contributed by atoms with E-state index in [0.29, 0.717) is 30.3 Å². The Morgan fingerprint density at radius 2 is 1.67 bits per heavy atom. The third-order valence-corrected chi connectivity index (χ3v) is 9.66. The molecule has 5 rings (SSSR count). The molecule has 7 atom stereocenters. The molecule has 1 N–H and O–H groups in total. The van der Waals surface area contributed by atoms with Crippen LogP contribution in [0.2, 0.25) is 0 Å². The smallest absolute Gasteiger partial charge is 0.295 e. The van der Waals surface area contributed by atoms with E-state index in [2.05, 4.69) is 20.8 Å². The maximum atomic E-state index is 14.8. The van der Waals surface area contributed by atoms with E-state index in [4.69, 9.17) is 4.74 Å². The molecule has 5 aliphatic carbocycles. The van der Waals surface area contributed by atoms with Crippen molar-refractivity contribution < 1.29 is 18.6 Å². The van der Waals surface area contributed by atoms with Crippen LogP contribution in [-0.2, 0) is 4.74 Å². The maximum Gasteiger partial charge on any atom is 0.295 e. The van der Waals surface area contributed by atoms with Crippen molar-refractivity contribution in [1.29, 1.82) is 0 Å². The Labute approximate surface area is 161 Å². The molecule has 5 aliphatic rings. The lowest BCUT2D eigenvalue weighted by molar-refractivity contribution is -0.168. The Morgan fingerprint density at radius 3 is 2.37 bits per heavy atom. The van der Waals surface area contributed by atoms with Crippen molar-refractivity contribution in [2.75, 3.05) is 0 Å². The summed E-state index contributed by atoms with van der Waals surface area (Å²) in [5.74, 6) is -1.70. The summed E-state index contributed by atoms with van der Waals surface area (Å²) in [6.07, 6.45) is 9.19. The van der Waals surface area contributed by atoms with Crippen molar-refractivity contribution in [2.24, 2.45) is 28.6 Å². The molecule has 0 spiro atoms. The van der Waals surface area contributed by atoms with E-state index >= 15 is 0 Å². The lowest BCUT2D eigenvalue weighted by atomic mass is 9.46. The molecule has 0 aromatic rings. The SMILES string of the molecule is C[C@]12CC[C@H](O)C(F)(F)C1=CC[C@@H]1[C@@H]2CC[C@@]2(C)[C@H]1CC[C@]2(C)OC1CC1. The van der Waals surface area contributed by atoms with E-state index in [1.54, 1.807) is 0 Å². The lowest BCUT2D eigenvalue weighted by Crippen LogP contribution is -2.57. The number of aliphatic hydroxyl groups excluding tert-OH is 1. The largest absolute Gasteiger partial charge is 0.386 e. The van der Waals surface area contributed by atoms with Gasteiger partial charge in [-0.1, -0.05) is 19.9 Å². The highest BCUT2D eigenvalue weighted by atomic mass is 19.3. The zero-order chi connectivity index (χ0) is 19.2. The molecule has 0 saturated heterocycles. The molecule has 2 nitrogen and oxygen atoms in total. The van der Waals surface area contributed by atoms with Gasteiger partial charge >= 0.3 is 0 Å². The third-order valence-electron chi connectivity index (χ3n) is 9.66. The number of rotatable bonds is 2. The summed E-state index contributed by atoms with van der Waals surface area (Å²) in [7, 11) is 0. The predicted octanol–water partition coefficient (Wildman–Crippen LogP) is 5.49. The van der Waals surface area contributed by atoms with Crippen molar-refractivity contribution in [2.45, 2.75) is 102 Å². The minimum Gasteiger partial charge on any atom is -0.386 e. The van der Waals surface area contributed by atoms with Gasteiger partial charge in [-0.05, 0) is 93.3 Å². The van der Waals surface area contributed by atoms with Crippen LogP contribution >= 0.6 is 0 Å². The Hall–Kier alpha value is -0.480. The van der Waals surface area contributed by atoms with Crippen molar-refractivity contribution in [1.82, 2.24) is 0 Å². The number of hydrogen-bond donors (Lipinski definition) is 1. The van der Waals surface area contributed by atoms with Crippen LogP contribution in [0.15, 0.2) is 11.6 Å². The van der Waals surface area contributed by atoms with Gasteiger partial charge in [0.1, 0.15) is 6.10 Å². The van der Waals surface area contributed by atoms with Crippen molar-refractivity contribution in [3.63, 3.8) is 0 Å². The van der Waals surface area contributed by atoms with E-state index in [1.807, 2.05) is 6.08 Å². The zero-order valence-corrected chi connectivity index (χ0v) is 16.9. The fourth-order valence-electron chi connectivity index (χ4n) is 7.70. The zero-order valence-electron chi connectivity index (χ0n) is 16.9. The average Bonchev–Trinajstić information content (AvgIpc) is 3.36. The van der Waals surface area contributed by atoms with Crippen LogP contribution in [0.3, 0.4) is 0 Å². The number of allylic oxidation sites excluding steroid dienone is 1. The molecule has 0 aromatic carbocycles.